The van der Waals surface area contributed by atoms with Gasteiger partial charge in [-0.2, -0.15) is 0 Å². The number of nitrogens with one attached hydrogen (secondary N) is 2. The predicted octanol–water partition coefficient (Wildman–Crippen LogP) is 2.19. The monoisotopic (exact) mass is 318 g/mol. The van der Waals surface area contributed by atoms with Crippen LogP contribution in [0.15, 0.2) is 24.3 Å². The van der Waals surface area contributed by atoms with Crippen molar-refractivity contribution < 1.29 is 8.42 Å². The van der Waals surface area contributed by atoms with Crippen molar-refractivity contribution in [2.24, 2.45) is 0 Å². The van der Waals surface area contributed by atoms with E-state index in [9.17, 15) is 8.42 Å². The molecule has 0 radical (unpaired) electrons. The van der Waals surface area contributed by atoms with Crippen LogP contribution in [0.4, 0.5) is 0 Å². The van der Waals surface area contributed by atoms with E-state index < -0.39 is 15.6 Å². The van der Waals surface area contributed by atoms with Gasteiger partial charge in [0.25, 0.3) is 0 Å². The van der Waals surface area contributed by atoms with E-state index in [2.05, 4.69) is 17.0 Å². The maximum Gasteiger partial charge on any atom is 0.209 e. The van der Waals surface area contributed by atoms with Crippen LogP contribution in [0.5, 0.6) is 0 Å². The first-order valence-corrected chi connectivity index (χ1v) is 8.81. The molecule has 0 spiro atoms. The molecule has 1 rings (SSSR count). The number of rotatable bonds is 7. The van der Waals surface area contributed by atoms with Gasteiger partial charge in [-0.25, -0.2) is 13.1 Å². The number of halogens is 1. The first-order chi connectivity index (χ1) is 9.07. The molecule has 2 N–H and O–H groups in total. The lowest BCUT2D eigenvalue weighted by molar-refractivity contribution is 0.394. The molecule has 0 amide bonds. The first kappa shape index (κ1) is 17.4. The van der Waals surface area contributed by atoms with Crippen molar-refractivity contribution in [1.29, 1.82) is 0 Å². The fourth-order valence-electron chi connectivity index (χ4n) is 2.01. The molecular formula is C14H23ClN2O2S. The number of sulfonamides is 1. The second-order valence-corrected chi connectivity index (χ2v) is 8.06. The van der Waals surface area contributed by atoms with Crippen molar-refractivity contribution in [1.82, 2.24) is 10.0 Å². The maximum atomic E-state index is 11.3. The van der Waals surface area contributed by atoms with Crippen molar-refractivity contribution in [3.05, 3.63) is 34.9 Å². The smallest absolute Gasteiger partial charge is 0.209 e. The first-order valence-electron chi connectivity index (χ1n) is 6.54. The van der Waals surface area contributed by atoms with Crippen molar-refractivity contribution in [2.45, 2.75) is 38.8 Å². The topological polar surface area (TPSA) is 58.2 Å². The molecule has 0 aliphatic carbocycles. The Kier molecular flexibility index (Phi) is 6.01. The van der Waals surface area contributed by atoms with Gasteiger partial charge >= 0.3 is 0 Å². The van der Waals surface area contributed by atoms with Gasteiger partial charge in [0.15, 0.2) is 0 Å². The molecule has 1 unspecified atom stereocenters. The summed E-state index contributed by atoms with van der Waals surface area (Å²) in [4.78, 5) is 0. The summed E-state index contributed by atoms with van der Waals surface area (Å²) in [6.45, 7) is 6.35. The highest BCUT2D eigenvalue weighted by atomic mass is 35.5. The van der Waals surface area contributed by atoms with Crippen molar-refractivity contribution >= 4 is 21.6 Å². The van der Waals surface area contributed by atoms with Crippen molar-refractivity contribution in [3.63, 3.8) is 0 Å². The van der Waals surface area contributed by atoms with Gasteiger partial charge in [0, 0.05) is 23.1 Å². The van der Waals surface area contributed by atoms with E-state index in [1.165, 1.54) is 11.8 Å². The van der Waals surface area contributed by atoms with Gasteiger partial charge in [0.2, 0.25) is 10.0 Å². The molecule has 0 bridgehead atoms. The van der Waals surface area contributed by atoms with Crippen LogP contribution in [-0.4, -0.2) is 32.8 Å². The van der Waals surface area contributed by atoms with Gasteiger partial charge in [0.1, 0.15) is 0 Å². The van der Waals surface area contributed by atoms with E-state index in [4.69, 9.17) is 11.6 Å². The van der Waals surface area contributed by atoms with Gasteiger partial charge in [0.05, 0.1) is 6.26 Å². The largest absolute Gasteiger partial charge is 0.312 e. The van der Waals surface area contributed by atoms with Crippen LogP contribution in [0.2, 0.25) is 5.02 Å². The van der Waals surface area contributed by atoms with Gasteiger partial charge in [-0.1, -0.05) is 23.7 Å². The van der Waals surface area contributed by atoms with Crippen LogP contribution >= 0.6 is 11.6 Å². The van der Waals surface area contributed by atoms with Crippen LogP contribution in [-0.2, 0) is 16.4 Å². The van der Waals surface area contributed by atoms with Gasteiger partial charge in [-0.3, -0.25) is 0 Å². The van der Waals surface area contributed by atoms with Gasteiger partial charge in [-0.05, 0) is 44.9 Å². The summed E-state index contributed by atoms with van der Waals surface area (Å²) >= 11 is 5.85. The van der Waals surface area contributed by atoms with Crippen LogP contribution in [0.3, 0.4) is 0 Å². The molecular weight excluding hydrogens is 296 g/mol. The van der Waals surface area contributed by atoms with E-state index in [-0.39, 0.29) is 6.04 Å². The van der Waals surface area contributed by atoms with Crippen LogP contribution < -0.4 is 10.0 Å². The summed E-state index contributed by atoms with van der Waals surface area (Å²) in [6.07, 6.45) is 2.04. The third-order valence-electron chi connectivity index (χ3n) is 2.81. The van der Waals surface area contributed by atoms with Crippen molar-refractivity contribution in [2.75, 3.05) is 12.8 Å². The Hall–Kier alpha value is -0.620. The summed E-state index contributed by atoms with van der Waals surface area (Å²) in [5, 5.41) is 4.08. The highest BCUT2D eigenvalue weighted by Gasteiger charge is 2.22. The highest BCUT2D eigenvalue weighted by Crippen LogP contribution is 2.11. The molecule has 20 heavy (non-hydrogen) atoms. The van der Waals surface area contributed by atoms with Crippen LogP contribution in [0.1, 0.15) is 26.3 Å². The zero-order valence-electron chi connectivity index (χ0n) is 12.4. The molecule has 1 aromatic rings. The standard InChI is InChI=1S/C14H23ClN2O2S/c1-11(9-12-5-7-13(15)8-6-12)16-10-14(2,3)17-20(4,18)19/h5-8,11,16-17H,9-10H2,1-4H3. The van der Waals surface area contributed by atoms with E-state index in [1.807, 2.05) is 38.1 Å². The Morgan fingerprint density at radius 1 is 1.25 bits per heavy atom. The SMILES string of the molecule is CC(Cc1ccc(Cl)cc1)NCC(C)(C)NS(C)(=O)=O. The molecule has 1 aromatic carbocycles. The Bertz CT molecular complexity index is 527. The van der Waals surface area contributed by atoms with E-state index in [1.54, 1.807) is 0 Å². The summed E-state index contributed by atoms with van der Waals surface area (Å²) in [7, 11) is -3.20. The Labute approximate surface area is 127 Å². The third kappa shape index (κ3) is 7.24. The van der Waals surface area contributed by atoms with Crippen LogP contribution in [0, 0.1) is 0 Å². The number of hydrogen-bond acceptors (Lipinski definition) is 3. The lowest BCUT2D eigenvalue weighted by Crippen LogP contribution is -2.51. The third-order valence-corrected chi connectivity index (χ3v) is 3.98. The minimum atomic E-state index is -3.20. The fraction of sp³-hybridized carbons (Fsp3) is 0.571. The Morgan fingerprint density at radius 2 is 1.80 bits per heavy atom. The minimum absolute atomic E-state index is 0.247. The van der Waals surface area contributed by atoms with E-state index in [0.717, 1.165) is 11.4 Å². The lowest BCUT2D eigenvalue weighted by Gasteiger charge is -2.27. The quantitative estimate of drug-likeness (QED) is 0.810. The summed E-state index contributed by atoms with van der Waals surface area (Å²) in [5.41, 5.74) is 0.685. The van der Waals surface area contributed by atoms with Gasteiger partial charge < -0.3 is 5.32 Å². The average molecular weight is 319 g/mol. The molecule has 0 saturated carbocycles. The molecule has 1 atom stereocenters. The molecule has 0 aromatic heterocycles. The number of hydrogen-bond donors (Lipinski definition) is 2. The maximum absolute atomic E-state index is 11.3. The summed E-state index contributed by atoms with van der Waals surface area (Å²) in [6, 6.07) is 8.00. The molecule has 4 nitrogen and oxygen atoms in total. The predicted molar refractivity (Wildman–Crippen MR) is 84.7 cm³/mol. The molecule has 0 fully saturated rings. The lowest BCUT2D eigenvalue weighted by atomic mass is 10.0. The number of benzene rings is 1. The fourth-order valence-corrected chi connectivity index (χ4v) is 3.22. The Morgan fingerprint density at radius 3 is 2.30 bits per heavy atom. The van der Waals surface area contributed by atoms with Crippen LogP contribution in [0.25, 0.3) is 0 Å². The van der Waals surface area contributed by atoms with Crippen molar-refractivity contribution in [3.8, 4) is 0 Å². The molecule has 0 heterocycles. The molecule has 114 valence electrons. The molecule has 0 saturated heterocycles. The summed E-state index contributed by atoms with van der Waals surface area (Å²) in [5.74, 6) is 0. The van der Waals surface area contributed by atoms with E-state index >= 15 is 0 Å². The zero-order chi connectivity index (χ0) is 15.4. The minimum Gasteiger partial charge on any atom is -0.312 e. The normalized spacial score (nSPS) is 14.2. The molecule has 6 heteroatoms. The van der Waals surface area contributed by atoms with Gasteiger partial charge in [-0.15, -0.1) is 0 Å². The second-order valence-electron chi connectivity index (χ2n) is 5.87. The Balaban J connectivity index is 2.46. The summed E-state index contributed by atoms with van der Waals surface area (Å²) < 4.78 is 25.1. The molecule has 0 aliphatic rings. The zero-order valence-corrected chi connectivity index (χ0v) is 14.0. The van der Waals surface area contributed by atoms with E-state index in [0.29, 0.717) is 6.54 Å². The second kappa shape index (κ2) is 6.89. The average Bonchev–Trinajstić information content (AvgIpc) is 2.27. The highest BCUT2D eigenvalue weighted by molar-refractivity contribution is 7.88. The molecule has 0 aliphatic heterocycles.